The van der Waals surface area contributed by atoms with Crippen LogP contribution in [0.15, 0.2) is 41.4 Å². The molecule has 0 aliphatic rings. The van der Waals surface area contributed by atoms with Crippen molar-refractivity contribution in [3.8, 4) is 5.75 Å². The van der Waals surface area contributed by atoms with Gasteiger partial charge in [-0.05, 0) is 38.1 Å². The number of phenols is 1. The third-order valence-corrected chi connectivity index (χ3v) is 3.44. The van der Waals surface area contributed by atoms with Crippen molar-refractivity contribution in [1.82, 2.24) is 0 Å². The molecule has 0 spiro atoms. The number of nitro groups is 1. The normalized spacial score (nSPS) is 11.6. The summed E-state index contributed by atoms with van der Waals surface area (Å²) >= 11 is 12.0. The molecular weight excluding hydrogens is 355 g/mol. The van der Waals surface area contributed by atoms with Gasteiger partial charge in [-0.25, -0.2) is 4.99 Å². The number of nitrogens with zero attached hydrogens (tertiary/aromatic N) is 2. The standard InChI is InChI=1S/C16H14Cl2N2O4/c1-9(2)24-16(12-7-10(17)3-6-15(12)21)19-14-5-4-11(20(22)23)8-13(14)18/h3-9,21H,1-2H3/b19-16-. The molecular formula is C16H14Cl2N2O4. The van der Waals surface area contributed by atoms with E-state index in [9.17, 15) is 15.2 Å². The SMILES string of the molecule is CC(C)O/C(=N\c1ccc([N+](=O)[O-])cc1Cl)c1cc(Cl)ccc1O. The van der Waals surface area contributed by atoms with Gasteiger partial charge >= 0.3 is 0 Å². The van der Waals surface area contributed by atoms with E-state index < -0.39 is 4.92 Å². The molecule has 0 radical (unpaired) electrons. The number of rotatable bonds is 4. The van der Waals surface area contributed by atoms with E-state index in [1.54, 1.807) is 13.8 Å². The third-order valence-electron chi connectivity index (χ3n) is 2.90. The maximum absolute atomic E-state index is 10.8. The second kappa shape index (κ2) is 7.51. The third kappa shape index (κ3) is 4.37. The molecule has 6 nitrogen and oxygen atoms in total. The zero-order valence-corrected chi connectivity index (χ0v) is 14.4. The zero-order valence-electron chi connectivity index (χ0n) is 12.9. The number of benzene rings is 2. The Morgan fingerprint density at radius 1 is 1.25 bits per heavy atom. The minimum Gasteiger partial charge on any atom is -0.507 e. The van der Waals surface area contributed by atoms with Gasteiger partial charge in [0.2, 0.25) is 5.90 Å². The van der Waals surface area contributed by atoms with Gasteiger partial charge in [-0.1, -0.05) is 23.2 Å². The predicted octanol–water partition coefficient (Wildman–Crippen LogP) is 5.11. The first-order valence-corrected chi connectivity index (χ1v) is 7.71. The van der Waals surface area contributed by atoms with Crippen LogP contribution < -0.4 is 0 Å². The van der Waals surface area contributed by atoms with E-state index in [0.29, 0.717) is 10.6 Å². The first-order chi connectivity index (χ1) is 11.3. The van der Waals surface area contributed by atoms with Crippen LogP contribution in [0, 0.1) is 10.1 Å². The van der Waals surface area contributed by atoms with Gasteiger partial charge in [0.25, 0.3) is 5.69 Å². The lowest BCUT2D eigenvalue weighted by molar-refractivity contribution is -0.384. The molecule has 2 aromatic carbocycles. The number of halogens is 2. The van der Waals surface area contributed by atoms with Crippen LogP contribution >= 0.6 is 23.2 Å². The molecule has 0 aliphatic carbocycles. The fourth-order valence-electron chi connectivity index (χ4n) is 1.86. The molecule has 0 amide bonds. The number of hydrogen-bond donors (Lipinski definition) is 1. The maximum atomic E-state index is 10.8. The van der Waals surface area contributed by atoms with Gasteiger partial charge in [-0.2, -0.15) is 0 Å². The number of aliphatic imine (C=N–C) groups is 1. The predicted molar refractivity (Wildman–Crippen MR) is 93.6 cm³/mol. The van der Waals surface area contributed by atoms with Crippen LogP contribution in [0.5, 0.6) is 5.75 Å². The van der Waals surface area contributed by atoms with E-state index in [4.69, 9.17) is 27.9 Å². The van der Waals surface area contributed by atoms with Gasteiger partial charge in [0.1, 0.15) is 5.75 Å². The van der Waals surface area contributed by atoms with Crippen molar-refractivity contribution in [2.45, 2.75) is 20.0 Å². The molecule has 2 rings (SSSR count). The summed E-state index contributed by atoms with van der Waals surface area (Å²) in [6, 6.07) is 8.37. The van der Waals surface area contributed by atoms with E-state index >= 15 is 0 Å². The molecule has 0 atom stereocenters. The highest BCUT2D eigenvalue weighted by Crippen LogP contribution is 2.31. The van der Waals surface area contributed by atoms with Gasteiger partial charge in [0.05, 0.1) is 27.3 Å². The van der Waals surface area contributed by atoms with Crippen molar-refractivity contribution in [3.05, 3.63) is 62.1 Å². The van der Waals surface area contributed by atoms with Crippen LogP contribution in [0.1, 0.15) is 19.4 Å². The van der Waals surface area contributed by atoms with Gasteiger partial charge in [0.15, 0.2) is 0 Å². The molecule has 0 aliphatic heterocycles. The quantitative estimate of drug-likeness (QED) is 0.351. The second-order valence-electron chi connectivity index (χ2n) is 5.14. The molecule has 0 bridgehead atoms. The Morgan fingerprint density at radius 3 is 2.54 bits per heavy atom. The van der Waals surface area contributed by atoms with Crippen molar-refractivity contribution >= 4 is 40.5 Å². The summed E-state index contributed by atoms with van der Waals surface area (Å²) in [5, 5.41) is 21.3. The number of hydrogen-bond acceptors (Lipinski definition) is 5. The van der Waals surface area contributed by atoms with Gasteiger partial charge in [0, 0.05) is 17.2 Å². The number of phenolic OH excluding ortho intramolecular Hbond substituents is 1. The zero-order chi connectivity index (χ0) is 17.9. The van der Waals surface area contributed by atoms with E-state index in [-0.39, 0.29) is 34.1 Å². The molecule has 126 valence electrons. The van der Waals surface area contributed by atoms with E-state index in [2.05, 4.69) is 4.99 Å². The summed E-state index contributed by atoms with van der Waals surface area (Å²) in [4.78, 5) is 14.5. The topological polar surface area (TPSA) is 85.0 Å². The highest BCUT2D eigenvalue weighted by molar-refractivity contribution is 6.33. The minimum atomic E-state index is -0.548. The summed E-state index contributed by atoms with van der Waals surface area (Å²) in [7, 11) is 0. The summed E-state index contributed by atoms with van der Waals surface area (Å²) in [5.74, 6) is 0.0533. The molecule has 0 saturated carbocycles. The smallest absolute Gasteiger partial charge is 0.271 e. The molecule has 0 heterocycles. The number of ether oxygens (including phenoxy) is 1. The van der Waals surface area contributed by atoms with Gasteiger partial charge in [-0.3, -0.25) is 10.1 Å². The minimum absolute atomic E-state index is 0.0585. The first kappa shape index (κ1) is 18.0. The Hall–Kier alpha value is -2.31. The average molecular weight is 369 g/mol. The van der Waals surface area contributed by atoms with Crippen molar-refractivity contribution < 1.29 is 14.8 Å². The lowest BCUT2D eigenvalue weighted by Crippen LogP contribution is -2.13. The Labute approximate surface area is 148 Å². The number of aromatic hydroxyl groups is 1. The van der Waals surface area contributed by atoms with Crippen LogP contribution in [0.25, 0.3) is 0 Å². The average Bonchev–Trinajstić information content (AvgIpc) is 2.50. The number of nitro benzene ring substituents is 1. The van der Waals surface area contributed by atoms with Gasteiger partial charge < -0.3 is 9.84 Å². The Morgan fingerprint density at radius 2 is 1.96 bits per heavy atom. The molecule has 1 N–H and O–H groups in total. The van der Waals surface area contributed by atoms with Crippen LogP contribution in [0.3, 0.4) is 0 Å². The largest absolute Gasteiger partial charge is 0.507 e. The molecule has 2 aromatic rings. The van der Waals surface area contributed by atoms with E-state index in [1.807, 2.05) is 0 Å². The summed E-state index contributed by atoms with van der Waals surface area (Å²) < 4.78 is 5.65. The van der Waals surface area contributed by atoms with Crippen LogP contribution in [-0.4, -0.2) is 22.0 Å². The highest BCUT2D eigenvalue weighted by atomic mass is 35.5. The monoisotopic (exact) mass is 368 g/mol. The van der Waals surface area contributed by atoms with Crippen LogP contribution in [0.4, 0.5) is 11.4 Å². The summed E-state index contributed by atoms with van der Waals surface area (Å²) in [6.45, 7) is 3.60. The second-order valence-corrected chi connectivity index (χ2v) is 5.98. The lowest BCUT2D eigenvalue weighted by Gasteiger charge is -2.14. The summed E-state index contributed by atoms with van der Waals surface area (Å²) in [5.41, 5.74) is 0.429. The van der Waals surface area contributed by atoms with Crippen LogP contribution in [-0.2, 0) is 4.74 Å². The Kier molecular flexibility index (Phi) is 5.64. The first-order valence-electron chi connectivity index (χ1n) is 6.96. The molecule has 0 unspecified atom stereocenters. The van der Waals surface area contributed by atoms with Crippen molar-refractivity contribution in [3.63, 3.8) is 0 Å². The molecule has 0 saturated heterocycles. The molecule has 24 heavy (non-hydrogen) atoms. The Balaban J connectivity index is 2.54. The summed E-state index contributed by atoms with van der Waals surface area (Å²) in [6.07, 6.45) is -0.223. The molecule has 0 fully saturated rings. The fourth-order valence-corrected chi connectivity index (χ4v) is 2.25. The lowest BCUT2D eigenvalue weighted by atomic mass is 10.2. The number of non-ortho nitro benzene ring substituents is 1. The van der Waals surface area contributed by atoms with Gasteiger partial charge in [-0.15, -0.1) is 0 Å². The Bertz CT molecular complexity index is 807. The molecule has 0 aromatic heterocycles. The van der Waals surface area contributed by atoms with Crippen molar-refractivity contribution in [2.24, 2.45) is 4.99 Å². The molecule has 8 heteroatoms. The van der Waals surface area contributed by atoms with Crippen molar-refractivity contribution in [2.75, 3.05) is 0 Å². The van der Waals surface area contributed by atoms with Crippen LogP contribution in [0.2, 0.25) is 10.0 Å². The van der Waals surface area contributed by atoms with E-state index in [1.165, 1.54) is 36.4 Å². The maximum Gasteiger partial charge on any atom is 0.271 e. The highest BCUT2D eigenvalue weighted by Gasteiger charge is 2.16. The fraction of sp³-hybridized carbons (Fsp3) is 0.188. The van der Waals surface area contributed by atoms with Crippen molar-refractivity contribution in [1.29, 1.82) is 0 Å². The van der Waals surface area contributed by atoms with E-state index in [0.717, 1.165) is 0 Å².